The highest BCUT2D eigenvalue weighted by Gasteiger charge is 2.12. The van der Waals surface area contributed by atoms with Crippen LogP contribution in [0, 0.1) is 48.5 Å². The molecule has 0 radical (unpaired) electrons. The van der Waals surface area contributed by atoms with Crippen molar-refractivity contribution in [1.82, 2.24) is 0 Å². The fraction of sp³-hybridized carbons (Fsp3) is 0.388. The first-order valence-corrected chi connectivity index (χ1v) is 27.0. The summed E-state index contributed by atoms with van der Waals surface area (Å²) in [7, 11) is 0. The quantitative estimate of drug-likeness (QED) is 0.164. The van der Waals surface area contributed by atoms with E-state index in [1.54, 1.807) is 45.3 Å². The molecule has 0 aliphatic carbocycles. The van der Waals surface area contributed by atoms with Crippen molar-refractivity contribution in [1.29, 1.82) is 0 Å². The van der Waals surface area contributed by atoms with E-state index in [9.17, 15) is 0 Å². The predicted octanol–water partition coefficient (Wildman–Crippen LogP) is 22.9. The van der Waals surface area contributed by atoms with Crippen LogP contribution in [0.15, 0.2) is 68.6 Å². The Labute approximate surface area is 414 Å². The summed E-state index contributed by atoms with van der Waals surface area (Å²) in [6.45, 7) is 36.4. The highest BCUT2D eigenvalue weighted by molar-refractivity contribution is 7.19. The van der Waals surface area contributed by atoms with Crippen LogP contribution < -0.4 is 0 Å². The summed E-state index contributed by atoms with van der Waals surface area (Å²) in [6.07, 6.45) is 0.986. The number of halogens is 4. The molecule has 10 aromatic heterocycles. The molecule has 0 saturated carbocycles. The molecule has 14 heteroatoms. The molecule has 10 rings (SSSR count). The number of rotatable bonds is 1. The molecule has 10 heterocycles. The van der Waals surface area contributed by atoms with E-state index in [1.165, 1.54) is 30.3 Å². The lowest BCUT2D eigenvalue weighted by atomic mass is 10.3. The van der Waals surface area contributed by atoms with E-state index in [2.05, 4.69) is 37.6 Å². The molecule has 0 fully saturated rings. The van der Waals surface area contributed by atoms with Crippen LogP contribution in [0.5, 0.6) is 0 Å². The number of furan rings is 5. The van der Waals surface area contributed by atoms with E-state index >= 15 is 0 Å². The van der Waals surface area contributed by atoms with Gasteiger partial charge in [0, 0.05) is 56.1 Å². The minimum absolute atomic E-state index is 0.473. The van der Waals surface area contributed by atoms with Crippen LogP contribution in [0.25, 0.3) is 51.4 Å². The number of thiophene rings is 5. The zero-order chi connectivity index (χ0) is 48.1. The fourth-order valence-corrected chi connectivity index (χ4v) is 10.8. The van der Waals surface area contributed by atoms with Crippen molar-refractivity contribution < 1.29 is 22.1 Å². The summed E-state index contributed by atoms with van der Waals surface area (Å²) in [6, 6.07) is 9.76. The maximum absolute atomic E-state index is 5.81. The minimum atomic E-state index is 0.473. The molecule has 0 amide bonds. The molecule has 0 N–H and O–H groups in total. The van der Waals surface area contributed by atoms with E-state index in [0.717, 1.165) is 70.9 Å². The van der Waals surface area contributed by atoms with Crippen LogP contribution in [0.4, 0.5) is 0 Å². The van der Waals surface area contributed by atoms with E-state index < -0.39 is 0 Å². The average molecular weight is 1040 g/mol. The standard InChI is InChI=1S/C10H12OS.C8H7ClOS.3C7H5ClOS.5C2H6/c1-4-8-5-9-10(11-8)6(2)7(3)12-9;1-4-3-11-7-5(2)8(9)10-6(4)7;1-4-3-10-5-2-6(8)9-7(4)5;1-4-2-5-6(10-4)3-7(8)9-5;1-4-6-5(2-3-10-6)9-7(4)8;5*1-2/h5H,4H2,1-3H3;3H,1-2H3;3*2-3H,1H3;5*1-2H3. The smallest absolute Gasteiger partial charge is 0.198 e. The predicted molar refractivity (Wildman–Crippen MR) is 290 cm³/mol. The monoisotopic (exact) mass is 1030 g/mol. The van der Waals surface area contributed by atoms with E-state index in [0.29, 0.717) is 20.9 Å². The molecule has 0 unspecified atom stereocenters. The van der Waals surface area contributed by atoms with Gasteiger partial charge in [0.05, 0.1) is 23.5 Å². The maximum atomic E-state index is 5.81. The van der Waals surface area contributed by atoms with Gasteiger partial charge < -0.3 is 22.1 Å². The summed E-state index contributed by atoms with van der Waals surface area (Å²) in [5.41, 5.74) is 10.5. The first kappa shape index (κ1) is 58.4. The molecule has 10 aromatic rings. The van der Waals surface area contributed by atoms with Crippen LogP contribution in [-0.4, -0.2) is 0 Å². The number of aryl methyl sites for hydroxylation is 8. The molecule has 348 valence electrons. The molecular weight excluding hydrogens is 971 g/mol. The summed E-state index contributed by atoms with van der Waals surface area (Å²) in [5, 5.41) is 8.13. The van der Waals surface area contributed by atoms with Crippen molar-refractivity contribution in [2.45, 2.75) is 131 Å². The minimum Gasteiger partial charge on any atom is -0.460 e. The molecule has 0 bridgehead atoms. The Morgan fingerprint density at radius 3 is 1.59 bits per heavy atom. The summed E-state index contributed by atoms with van der Waals surface area (Å²) in [4.78, 5) is 2.62. The van der Waals surface area contributed by atoms with Crippen LogP contribution >= 0.6 is 103 Å². The van der Waals surface area contributed by atoms with Gasteiger partial charge in [0.25, 0.3) is 0 Å². The third-order valence-corrected chi connectivity index (χ3v) is 14.6. The SMILES string of the molecule is CC.CC.CC.CC.CC.CCc1cc2sc(C)c(C)c2o1.Cc1c(Cl)oc2ccsc12.Cc1cc2oc(Cl)cc2s1.Cc1csc2c(C)c(Cl)oc12.Cc1csc2cc(Cl)oc12. The van der Waals surface area contributed by atoms with Crippen molar-refractivity contribution in [2.75, 3.05) is 0 Å². The number of fused-ring (bicyclic) bond motifs is 5. The highest BCUT2D eigenvalue weighted by atomic mass is 35.5. The molecule has 63 heavy (non-hydrogen) atoms. The van der Waals surface area contributed by atoms with Crippen molar-refractivity contribution >= 4 is 155 Å². The third kappa shape index (κ3) is 15.7. The lowest BCUT2D eigenvalue weighted by Gasteiger charge is -1.88. The van der Waals surface area contributed by atoms with E-state index in [4.69, 9.17) is 68.5 Å². The normalized spacial score (nSPS) is 9.81. The van der Waals surface area contributed by atoms with Gasteiger partial charge in [-0.2, -0.15) is 0 Å². The molecule has 0 aromatic carbocycles. The Balaban J connectivity index is 0.000000375. The Bertz CT molecular complexity index is 2710. The number of hydrogen-bond donors (Lipinski definition) is 0. The topological polar surface area (TPSA) is 65.7 Å². The summed E-state index contributed by atoms with van der Waals surface area (Å²) in [5.74, 6) is 1.10. The number of hydrogen-bond acceptors (Lipinski definition) is 10. The van der Waals surface area contributed by atoms with Gasteiger partial charge in [-0.1, -0.05) is 76.2 Å². The molecule has 0 atom stereocenters. The summed E-state index contributed by atoms with van der Waals surface area (Å²) >= 11 is 31.3. The first-order valence-electron chi connectivity index (χ1n) is 21.3. The summed E-state index contributed by atoms with van der Waals surface area (Å²) < 4.78 is 32.5. The van der Waals surface area contributed by atoms with Crippen LogP contribution in [-0.2, 0) is 6.42 Å². The molecular formula is C49H64Cl4O5S5. The second-order valence-electron chi connectivity index (χ2n) is 12.0. The van der Waals surface area contributed by atoms with Gasteiger partial charge in [0.15, 0.2) is 20.9 Å². The largest absolute Gasteiger partial charge is 0.460 e. The van der Waals surface area contributed by atoms with Gasteiger partial charge in [-0.25, -0.2) is 0 Å². The van der Waals surface area contributed by atoms with Crippen molar-refractivity contribution in [3.8, 4) is 0 Å². The first-order chi connectivity index (χ1) is 30.2. The van der Waals surface area contributed by atoms with Crippen LogP contribution in [0.2, 0.25) is 20.9 Å². The van der Waals surface area contributed by atoms with Crippen molar-refractivity contribution in [2.24, 2.45) is 0 Å². The van der Waals surface area contributed by atoms with Crippen molar-refractivity contribution in [3.63, 3.8) is 0 Å². The van der Waals surface area contributed by atoms with E-state index in [1.807, 2.05) is 145 Å². The lowest BCUT2D eigenvalue weighted by molar-refractivity contribution is 0.555. The van der Waals surface area contributed by atoms with Gasteiger partial charge in [-0.05, 0) is 129 Å². The maximum Gasteiger partial charge on any atom is 0.198 e. The van der Waals surface area contributed by atoms with Gasteiger partial charge in [0.1, 0.15) is 33.7 Å². The van der Waals surface area contributed by atoms with E-state index in [-0.39, 0.29) is 0 Å². The second-order valence-corrected chi connectivity index (χ2v) is 18.7. The van der Waals surface area contributed by atoms with Gasteiger partial charge in [-0.3, -0.25) is 0 Å². The third-order valence-electron chi connectivity index (χ3n) is 8.13. The highest BCUT2D eigenvalue weighted by Crippen LogP contribution is 2.36. The Morgan fingerprint density at radius 2 is 1.03 bits per heavy atom. The zero-order valence-electron chi connectivity index (χ0n) is 39.9. The van der Waals surface area contributed by atoms with Gasteiger partial charge >= 0.3 is 0 Å². The fourth-order valence-electron chi connectivity index (χ4n) is 5.16. The van der Waals surface area contributed by atoms with Gasteiger partial charge in [-0.15, -0.1) is 56.7 Å². The average Bonchev–Trinajstić information content (AvgIpc) is 4.19. The van der Waals surface area contributed by atoms with Crippen LogP contribution in [0.3, 0.4) is 0 Å². The Kier molecular flexibility index (Phi) is 27.6. The van der Waals surface area contributed by atoms with Crippen molar-refractivity contribution in [3.05, 3.63) is 111 Å². The molecule has 0 spiro atoms. The molecule has 0 aliphatic heterocycles. The Morgan fingerprint density at radius 1 is 0.476 bits per heavy atom. The molecule has 0 saturated heterocycles. The zero-order valence-corrected chi connectivity index (χ0v) is 47.0. The van der Waals surface area contributed by atoms with Crippen LogP contribution in [0.1, 0.15) is 119 Å². The lowest BCUT2D eigenvalue weighted by Crippen LogP contribution is -1.71. The molecule has 0 aliphatic rings. The van der Waals surface area contributed by atoms with Gasteiger partial charge in [0.2, 0.25) is 0 Å². The Hall–Kier alpha value is -2.64. The molecule has 5 nitrogen and oxygen atoms in total. The second kappa shape index (κ2) is 29.8.